The quantitative estimate of drug-likeness (QED) is 0.583. The van der Waals surface area contributed by atoms with Crippen LogP contribution in [0.2, 0.25) is 0 Å². The number of nitrogens with one attached hydrogen (secondary N) is 2. The molecule has 0 aliphatic rings. The van der Waals surface area contributed by atoms with E-state index in [-0.39, 0.29) is 41.3 Å². The first-order chi connectivity index (χ1) is 14.8. The molecule has 0 saturated heterocycles. The molecule has 2 N–H and O–H groups in total. The zero-order chi connectivity index (χ0) is 24.0. The number of pyridine rings is 1. The van der Waals surface area contributed by atoms with Crippen molar-refractivity contribution in [3.8, 4) is 5.88 Å². The molecule has 1 aromatic heterocycles. The molecular formula is C21H26F3N3O4S. The van der Waals surface area contributed by atoms with Gasteiger partial charge >= 0.3 is 6.18 Å². The van der Waals surface area contributed by atoms with E-state index < -0.39 is 28.7 Å². The SMILES string of the molecule is CC(C)(C)c1ccc(S(=O)(=O)NCCC(=O)NCc2cccnc2OCC(F)(F)F)cc1. The van der Waals surface area contributed by atoms with E-state index >= 15 is 0 Å². The Balaban J connectivity index is 1.85. The summed E-state index contributed by atoms with van der Waals surface area (Å²) in [6.07, 6.45) is -3.39. The summed E-state index contributed by atoms with van der Waals surface area (Å²) in [7, 11) is -3.78. The fourth-order valence-electron chi connectivity index (χ4n) is 2.64. The number of ether oxygens (including phenoxy) is 1. The number of hydrogen-bond acceptors (Lipinski definition) is 5. The van der Waals surface area contributed by atoms with Crippen LogP contribution in [0.5, 0.6) is 5.88 Å². The maximum Gasteiger partial charge on any atom is 0.422 e. The number of halogens is 3. The van der Waals surface area contributed by atoms with Gasteiger partial charge in [0.25, 0.3) is 0 Å². The Morgan fingerprint density at radius 2 is 1.75 bits per heavy atom. The molecule has 1 amide bonds. The Morgan fingerprint density at radius 3 is 2.34 bits per heavy atom. The number of sulfonamides is 1. The van der Waals surface area contributed by atoms with Crippen LogP contribution in [0.1, 0.15) is 38.3 Å². The molecule has 2 aromatic rings. The predicted octanol–water partition coefficient (Wildman–Crippen LogP) is 3.31. The van der Waals surface area contributed by atoms with Gasteiger partial charge in [0, 0.05) is 31.3 Å². The molecule has 0 aliphatic carbocycles. The molecule has 0 fully saturated rings. The molecule has 32 heavy (non-hydrogen) atoms. The normalized spacial score (nSPS) is 12.4. The van der Waals surface area contributed by atoms with Crippen LogP contribution < -0.4 is 14.8 Å². The first kappa shape index (κ1) is 25.6. The second-order valence-corrected chi connectivity index (χ2v) is 9.84. The number of amides is 1. The largest absolute Gasteiger partial charge is 0.468 e. The molecule has 2 rings (SSSR count). The lowest BCUT2D eigenvalue weighted by Gasteiger charge is -2.19. The molecule has 0 unspecified atom stereocenters. The summed E-state index contributed by atoms with van der Waals surface area (Å²) in [5.74, 6) is -0.717. The maximum absolute atomic E-state index is 12.4. The van der Waals surface area contributed by atoms with Crippen molar-refractivity contribution in [2.24, 2.45) is 0 Å². The highest BCUT2D eigenvalue weighted by molar-refractivity contribution is 7.89. The Bertz CT molecular complexity index is 1020. The lowest BCUT2D eigenvalue weighted by molar-refractivity contribution is -0.154. The second kappa shape index (κ2) is 10.3. The molecule has 1 aromatic carbocycles. The summed E-state index contributed by atoms with van der Waals surface area (Å²) >= 11 is 0. The first-order valence-corrected chi connectivity index (χ1v) is 11.3. The number of alkyl halides is 3. The number of benzene rings is 1. The highest BCUT2D eigenvalue weighted by Crippen LogP contribution is 2.23. The van der Waals surface area contributed by atoms with E-state index in [2.05, 4.69) is 19.8 Å². The number of carbonyl (C=O) groups is 1. The van der Waals surface area contributed by atoms with E-state index in [1.165, 1.54) is 30.5 Å². The highest BCUT2D eigenvalue weighted by Gasteiger charge is 2.29. The lowest BCUT2D eigenvalue weighted by Crippen LogP contribution is -2.30. The molecule has 0 bridgehead atoms. The van der Waals surface area contributed by atoms with Crippen LogP contribution in [0.15, 0.2) is 47.5 Å². The third kappa shape index (κ3) is 8.12. The summed E-state index contributed by atoms with van der Waals surface area (Å²) in [6.45, 7) is 4.31. The molecule has 0 saturated carbocycles. The predicted molar refractivity (Wildman–Crippen MR) is 113 cm³/mol. The average Bonchev–Trinajstić information content (AvgIpc) is 2.70. The number of hydrogen-bond donors (Lipinski definition) is 2. The minimum absolute atomic E-state index is 0.0905. The standard InChI is InChI=1S/C21H26F3N3O4S/c1-20(2,3)16-6-8-17(9-7-16)32(29,30)27-12-10-18(28)26-13-15-5-4-11-25-19(15)31-14-21(22,23)24/h4-9,11,27H,10,12-14H2,1-3H3,(H,26,28). The molecule has 176 valence electrons. The molecular weight excluding hydrogens is 447 g/mol. The van der Waals surface area contributed by atoms with Crippen molar-refractivity contribution in [1.29, 1.82) is 0 Å². The van der Waals surface area contributed by atoms with Gasteiger partial charge < -0.3 is 10.1 Å². The number of carbonyl (C=O) groups excluding carboxylic acids is 1. The van der Waals surface area contributed by atoms with E-state index in [4.69, 9.17) is 0 Å². The number of aromatic nitrogens is 1. The van der Waals surface area contributed by atoms with E-state index in [9.17, 15) is 26.4 Å². The van der Waals surface area contributed by atoms with Crippen LogP contribution in [0, 0.1) is 0 Å². The van der Waals surface area contributed by atoms with E-state index in [0.29, 0.717) is 0 Å². The van der Waals surface area contributed by atoms with Crippen LogP contribution in [0.25, 0.3) is 0 Å². The Morgan fingerprint density at radius 1 is 1.09 bits per heavy atom. The van der Waals surface area contributed by atoms with Gasteiger partial charge in [0.2, 0.25) is 21.8 Å². The third-order valence-corrected chi connectivity index (χ3v) is 5.85. The van der Waals surface area contributed by atoms with Gasteiger partial charge in [-0.25, -0.2) is 18.1 Å². The fraction of sp³-hybridized carbons (Fsp3) is 0.429. The summed E-state index contributed by atoms with van der Waals surface area (Å²) < 4.78 is 68.8. The lowest BCUT2D eigenvalue weighted by atomic mass is 9.87. The van der Waals surface area contributed by atoms with E-state index in [1.807, 2.05) is 20.8 Å². The van der Waals surface area contributed by atoms with Gasteiger partial charge in [-0.3, -0.25) is 4.79 Å². The van der Waals surface area contributed by atoms with Crippen LogP contribution in [-0.2, 0) is 26.8 Å². The minimum Gasteiger partial charge on any atom is -0.468 e. The van der Waals surface area contributed by atoms with Crippen LogP contribution in [-0.4, -0.2) is 38.6 Å². The van der Waals surface area contributed by atoms with Gasteiger partial charge in [-0.1, -0.05) is 39.0 Å². The second-order valence-electron chi connectivity index (χ2n) is 8.07. The number of rotatable bonds is 9. The molecule has 1 heterocycles. The molecule has 0 radical (unpaired) electrons. The molecule has 7 nitrogen and oxygen atoms in total. The van der Waals surface area contributed by atoms with Crippen LogP contribution in [0.3, 0.4) is 0 Å². The zero-order valence-corrected chi connectivity index (χ0v) is 18.8. The first-order valence-electron chi connectivity index (χ1n) is 9.78. The summed E-state index contributed by atoms with van der Waals surface area (Å²) in [5, 5.41) is 2.51. The van der Waals surface area contributed by atoms with E-state index in [0.717, 1.165) is 5.56 Å². The van der Waals surface area contributed by atoms with Crippen molar-refractivity contribution in [1.82, 2.24) is 15.0 Å². The Kier molecular flexibility index (Phi) is 8.24. The molecule has 0 atom stereocenters. The van der Waals surface area contributed by atoms with Crippen LogP contribution in [0.4, 0.5) is 13.2 Å². The maximum atomic E-state index is 12.4. The molecule has 11 heteroatoms. The van der Waals surface area contributed by atoms with Gasteiger partial charge in [-0.15, -0.1) is 0 Å². The average molecular weight is 474 g/mol. The van der Waals surface area contributed by atoms with Gasteiger partial charge in [-0.05, 0) is 29.2 Å². The van der Waals surface area contributed by atoms with Crippen molar-refractivity contribution >= 4 is 15.9 Å². The van der Waals surface area contributed by atoms with Crippen molar-refractivity contribution in [2.75, 3.05) is 13.2 Å². The molecule has 0 spiro atoms. The summed E-state index contributed by atoms with van der Waals surface area (Å²) in [6, 6.07) is 9.48. The number of nitrogens with zero attached hydrogens (tertiary/aromatic N) is 1. The smallest absolute Gasteiger partial charge is 0.422 e. The fourth-order valence-corrected chi connectivity index (χ4v) is 3.67. The van der Waals surface area contributed by atoms with Crippen molar-refractivity contribution < 1.29 is 31.1 Å². The van der Waals surface area contributed by atoms with Gasteiger partial charge in [0.15, 0.2) is 6.61 Å². The Labute approximate surface area is 185 Å². The molecule has 0 aliphatic heterocycles. The summed E-state index contributed by atoms with van der Waals surface area (Å²) in [5.41, 5.74) is 1.15. The monoisotopic (exact) mass is 473 g/mol. The minimum atomic E-state index is -4.51. The van der Waals surface area contributed by atoms with Crippen molar-refractivity contribution in [2.45, 2.75) is 50.2 Å². The van der Waals surface area contributed by atoms with Gasteiger partial charge in [-0.2, -0.15) is 13.2 Å². The van der Waals surface area contributed by atoms with Crippen molar-refractivity contribution in [3.63, 3.8) is 0 Å². The van der Waals surface area contributed by atoms with Gasteiger partial charge in [0.1, 0.15) is 0 Å². The van der Waals surface area contributed by atoms with Crippen LogP contribution >= 0.6 is 0 Å². The topological polar surface area (TPSA) is 97.4 Å². The van der Waals surface area contributed by atoms with Gasteiger partial charge in [0.05, 0.1) is 4.90 Å². The summed E-state index contributed by atoms with van der Waals surface area (Å²) in [4.78, 5) is 15.9. The zero-order valence-electron chi connectivity index (χ0n) is 18.0. The Hall–Kier alpha value is -2.66. The highest BCUT2D eigenvalue weighted by atomic mass is 32.2. The van der Waals surface area contributed by atoms with Crippen molar-refractivity contribution in [3.05, 3.63) is 53.7 Å². The third-order valence-electron chi connectivity index (χ3n) is 4.37. The van der Waals surface area contributed by atoms with E-state index in [1.54, 1.807) is 12.1 Å².